The van der Waals surface area contributed by atoms with E-state index in [-0.39, 0.29) is 18.7 Å². The van der Waals surface area contributed by atoms with E-state index in [9.17, 15) is 13.9 Å². The lowest BCUT2D eigenvalue weighted by Gasteiger charge is -2.37. The normalized spacial score (nSPS) is 15.0. The van der Waals surface area contributed by atoms with Gasteiger partial charge in [0.2, 0.25) is 0 Å². The minimum absolute atomic E-state index is 0.0892. The fraction of sp³-hybridized carbons (Fsp3) is 0.276. The topological polar surface area (TPSA) is 78.7 Å². The first kappa shape index (κ1) is 27.5. The summed E-state index contributed by atoms with van der Waals surface area (Å²) < 4.78 is 35.4. The minimum Gasteiger partial charge on any atom is -0.490 e. The summed E-state index contributed by atoms with van der Waals surface area (Å²) in [5.41, 5.74) is 1.31. The summed E-state index contributed by atoms with van der Waals surface area (Å²) in [7, 11) is 0. The molecule has 1 fully saturated rings. The molecule has 1 aromatic heterocycles. The van der Waals surface area contributed by atoms with E-state index < -0.39 is 17.2 Å². The van der Waals surface area contributed by atoms with Crippen LogP contribution in [0, 0.1) is 18.6 Å². The summed E-state index contributed by atoms with van der Waals surface area (Å²) in [5, 5.41) is 19.4. The van der Waals surface area contributed by atoms with Gasteiger partial charge in [-0.15, -0.1) is 0 Å². The number of benzene rings is 3. The average Bonchev–Trinajstić information content (AvgIpc) is 3.46. The number of rotatable bonds is 8. The van der Waals surface area contributed by atoms with Gasteiger partial charge >= 0.3 is 0 Å². The first-order valence-corrected chi connectivity index (χ1v) is 13.3. The van der Waals surface area contributed by atoms with E-state index in [1.807, 2.05) is 36.4 Å². The van der Waals surface area contributed by atoms with Crippen molar-refractivity contribution in [2.75, 3.05) is 43.0 Å². The second-order valence-electron chi connectivity index (χ2n) is 9.80. The third-order valence-corrected chi connectivity index (χ3v) is 7.23. The van der Waals surface area contributed by atoms with Crippen LogP contribution in [0.15, 0.2) is 79.4 Å². The van der Waals surface area contributed by atoms with Gasteiger partial charge in [-0.2, -0.15) is 5.10 Å². The summed E-state index contributed by atoms with van der Waals surface area (Å²) in [4.78, 5) is 8.30. The number of piperazine rings is 1. The van der Waals surface area contributed by atoms with Crippen molar-refractivity contribution in [3.05, 3.63) is 102 Å². The van der Waals surface area contributed by atoms with Crippen LogP contribution in [0.5, 0.6) is 5.75 Å². The molecule has 1 unspecified atom stereocenters. The Labute approximate surface area is 236 Å². The van der Waals surface area contributed by atoms with Gasteiger partial charge in [0.25, 0.3) is 0 Å². The van der Waals surface area contributed by atoms with Gasteiger partial charge in [-0.25, -0.2) is 18.4 Å². The highest BCUT2D eigenvalue weighted by Gasteiger charge is 2.35. The number of aryl methyl sites for hydroxylation is 1. The number of hydrogen-bond acceptors (Lipinski definition) is 6. The second kappa shape index (κ2) is 12.0. The van der Waals surface area contributed by atoms with Gasteiger partial charge in [0, 0.05) is 49.2 Å². The summed E-state index contributed by atoms with van der Waals surface area (Å²) in [6.07, 6.45) is 2.72. The molecule has 4 aromatic rings. The van der Waals surface area contributed by atoms with E-state index >= 15 is 0 Å². The van der Waals surface area contributed by atoms with Crippen LogP contribution in [-0.2, 0) is 12.1 Å². The van der Waals surface area contributed by atoms with E-state index in [1.165, 1.54) is 29.0 Å². The third kappa shape index (κ3) is 6.54. The highest BCUT2D eigenvalue weighted by Crippen LogP contribution is 2.29. The molecule has 8 nitrogen and oxygen atoms in total. The van der Waals surface area contributed by atoms with Crippen LogP contribution >= 0.6 is 12.2 Å². The van der Waals surface area contributed by atoms with E-state index in [0.717, 1.165) is 49.7 Å². The largest absolute Gasteiger partial charge is 0.490 e. The van der Waals surface area contributed by atoms with Gasteiger partial charge in [-0.05, 0) is 61.6 Å². The first-order chi connectivity index (χ1) is 19.3. The van der Waals surface area contributed by atoms with E-state index in [1.54, 1.807) is 0 Å². The van der Waals surface area contributed by atoms with Crippen molar-refractivity contribution in [2.24, 2.45) is 0 Å². The Hall–Kier alpha value is -4.09. The van der Waals surface area contributed by atoms with Gasteiger partial charge in [-0.1, -0.05) is 23.8 Å². The second-order valence-corrected chi connectivity index (χ2v) is 10.2. The van der Waals surface area contributed by atoms with Crippen molar-refractivity contribution >= 4 is 28.7 Å². The molecule has 1 atom stereocenters. The maximum absolute atomic E-state index is 14.6. The summed E-state index contributed by atoms with van der Waals surface area (Å²) in [6.45, 7) is 4.82. The van der Waals surface area contributed by atoms with Gasteiger partial charge in [0.05, 0.1) is 6.54 Å². The monoisotopic (exact) mass is 564 g/mol. The maximum atomic E-state index is 14.6. The molecule has 2 heterocycles. The lowest BCUT2D eigenvalue weighted by Crippen LogP contribution is -2.50. The van der Waals surface area contributed by atoms with E-state index in [4.69, 9.17) is 17.0 Å². The smallest absolute Gasteiger partial charge is 0.173 e. The molecule has 0 radical (unpaired) electrons. The van der Waals surface area contributed by atoms with Crippen molar-refractivity contribution in [1.29, 1.82) is 0 Å². The molecule has 0 saturated carbocycles. The van der Waals surface area contributed by atoms with Crippen LogP contribution in [0.4, 0.5) is 20.2 Å². The number of nitrogens with zero attached hydrogens (tertiary/aromatic N) is 5. The predicted octanol–water partition coefficient (Wildman–Crippen LogP) is 4.35. The Bertz CT molecular complexity index is 1430. The van der Waals surface area contributed by atoms with Crippen LogP contribution < -0.4 is 15.0 Å². The molecule has 1 aliphatic heterocycles. The molecule has 0 aliphatic carbocycles. The Morgan fingerprint density at radius 2 is 1.75 bits per heavy atom. The number of ether oxygens (including phenoxy) is 1. The zero-order valence-corrected chi connectivity index (χ0v) is 22.8. The van der Waals surface area contributed by atoms with Crippen LogP contribution in [-0.4, -0.2) is 62.7 Å². The summed E-state index contributed by atoms with van der Waals surface area (Å²) in [6, 6.07) is 18.7. The van der Waals surface area contributed by atoms with Crippen LogP contribution in [0.3, 0.4) is 0 Å². The number of halogens is 2. The van der Waals surface area contributed by atoms with Crippen molar-refractivity contribution in [3.63, 3.8) is 0 Å². The highest BCUT2D eigenvalue weighted by molar-refractivity contribution is 7.80. The number of aromatic nitrogens is 3. The van der Waals surface area contributed by atoms with Crippen molar-refractivity contribution < 1.29 is 18.6 Å². The van der Waals surface area contributed by atoms with Crippen LogP contribution in [0.1, 0.15) is 11.1 Å². The van der Waals surface area contributed by atoms with Gasteiger partial charge in [-0.3, -0.25) is 0 Å². The quantitative estimate of drug-likeness (QED) is 0.306. The molecule has 11 heteroatoms. The number of aliphatic hydroxyl groups is 1. The number of nitrogens with one attached hydrogen (secondary N) is 1. The lowest BCUT2D eigenvalue weighted by molar-refractivity contribution is -0.0297. The maximum Gasteiger partial charge on any atom is 0.173 e. The number of hydrogen-bond donors (Lipinski definition) is 2. The Balaban J connectivity index is 1.19. The van der Waals surface area contributed by atoms with Crippen LogP contribution in [0.2, 0.25) is 0 Å². The molecule has 5 rings (SSSR count). The Morgan fingerprint density at radius 1 is 1.02 bits per heavy atom. The Morgan fingerprint density at radius 3 is 2.40 bits per heavy atom. The number of anilines is 2. The summed E-state index contributed by atoms with van der Waals surface area (Å²) >= 11 is 5.61. The fourth-order valence-electron chi connectivity index (χ4n) is 4.62. The van der Waals surface area contributed by atoms with Gasteiger partial charge in [0.15, 0.2) is 5.11 Å². The predicted molar refractivity (Wildman–Crippen MR) is 153 cm³/mol. The average molecular weight is 565 g/mol. The third-order valence-electron chi connectivity index (χ3n) is 6.87. The highest BCUT2D eigenvalue weighted by atomic mass is 32.1. The van der Waals surface area contributed by atoms with Crippen LogP contribution in [0.25, 0.3) is 0 Å². The van der Waals surface area contributed by atoms with E-state index in [0.29, 0.717) is 10.9 Å². The first-order valence-electron chi connectivity index (χ1n) is 12.9. The van der Waals surface area contributed by atoms with Gasteiger partial charge < -0.3 is 25.0 Å². The number of thiocarbonyl (C=S) groups is 1. The molecular formula is C29H30F2N6O2S. The molecule has 208 valence electrons. The van der Waals surface area contributed by atoms with Crippen molar-refractivity contribution in [3.8, 4) is 5.75 Å². The SMILES string of the molecule is Cc1ccc(NC(=S)N2CCN(c3ccc(OCC(O)(Cn4cncn4)c4ccc(F)cc4F)cc3)CC2)cc1. The molecule has 0 amide bonds. The lowest BCUT2D eigenvalue weighted by atomic mass is 9.94. The Kier molecular flexibility index (Phi) is 8.22. The van der Waals surface area contributed by atoms with Crippen molar-refractivity contribution in [2.45, 2.75) is 19.1 Å². The molecule has 3 aromatic carbocycles. The van der Waals surface area contributed by atoms with Crippen molar-refractivity contribution in [1.82, 2.24) is 19.7 Å². The fourth-order valence-corrected chi connectivity index (χ4v) is 4.92. The van der Waals surface area contributed by atoms with Gasteiger partial charge in [0.1, 0.15) is 42.2 Å². The molecule has 1 saturated heterocycles. The van der Waals surface area contributed by atoms with E-state index in [2.05, 4.69) is 44.3 Å². The molecule has 2 N–H and O–H groups in total. The molecule has 0 spiro atoms. The summed E-state index contributed by atoms with van der Waals surface area (Å²) in [5.74, 6) is -1.09. The molecule has 1 aliphatic rings. The molecule has 0 bridgehead atoms. The standard InChI is InChI=1S/C29H30F2N6O2S/c1-21-2-5-23(6-3-21)34-28(40)36-14-12-35(13-15-36)24-7-9-25(10-8-24)39-18-29(38,17-37-20-32-19-33-37)26-11-4-22(30)16-27(26)31/h2-11,16,19-20,38H,12-15,17-18H2,1H3,(H,34,40). The zero-order valence-electron chi connectivity index (χ0n) is 22.0. The minimum atomic E-state index is -1.81. The molecule has 40 heavy (non-hydrogen) atoms. The molecular weight excluding hydrogens is 534 g/mol. The zero-order chi connectivity index (χ0) is 28.1.